The minimum atomic E-state index is -0.771. The van der Waals surface area contributed by atoms with Crippen LogP contribution in [0.4, 0.5) is 0 Å². The smallest absolute Gasteiger partial charge is 0.306 e. The molecule has 0 fully saturated rings. The van der Waals surface area contributed by atoms with Crippen molar-refractivity contribution in [1.29, 1.82) is 0 Å². The molecule has 0 amide bonds. The molecule has 1 unspecified atom stereocenters. The molecule has 0 aromatic carbocycles. The largest absolute Gasteiger partial charge is 0.462 e. The van der Waals surface area contributed by atoms with Gasteiger partial charge in [0.15, 0.2) is 6.10 Å². The number of carbonyl (C=O) groups is 3. The van der Waals surface area contributed by atoms with E-state index in [0.717, 1.165) is 83.5 Å². The molecular weight excluding hydrogens is 997 g/mol. The van der Waals surface area contributed by atoms with Crippen molar-refractivity contribution >= 4 is 17.9 Å². The van der Waals surface area contributed by atoms with E-state index in [1.54, 1.807) is 0 Å². The van der Waals surface area contributed by atoms with E-state index in [1.165, 1.54) is 257 Å². The van der Waals surface area contributed by atoms with Crippen LogP contribution in [0, 0.1) is 0 Å². The summed E-state index contributed by atoms with van der Waals surface area (Å²) in [5.41, 5.74) is 0. The van der Waals surface area contributed by atoms with Crippen LogP contribution in [-0.2, 0) is 28.6 Å². The molecule has 0 radical (unpaired) electrons. The van der Waals surface area contributed by atoms with Crippen LogP contribution in [0.25, 0.3) is 0 Å². The molecule has 0 spiro atoms. The van der Waals surface area contributed by atoms with Gasteiger partial charge in [0.05, 0.1) is 0 Å². The summed E-state index contributed by atoms with van der Waals surface area (Å²) in [6.45, 7) is 6.54. The Morgan fingerprint density at radius 1 is 0.259 bits per heavy atom. The molecule has 0 aliphatic rings. The van der Waals surface area contributed by atoms with Crippen LogP contribution in [-0.4, -0.2) is 37.2 Å². The molecule has 81 heavy (non-hydrogen) atoms. The van der Waals surface area contributed by atoms with Gasteiger partial charge in [-0.2, -0.15) is 0 Å². The Balaban J connectivity index is 4.02. The number of hydrogen-bond acceptors (Lipinski definition) is 6. The molecule has 0 aliphatic heterocycles. The molecule has 0 rings (SSSR count). The number of rotatable bonds is 66. The van der Waals surface area contributed by atoms with Crippen molar-refractivity contribution in [3.8, 4) is 0 Å². The molecule has 0 saturated heterocycles. The minimum absolute atomic E-state index is 0.0692. The topological polar surface area (TPSA) is 78.9 Å². The molecule has 0 bridgehead atoms. The van der Waals surface area contributed by atoms with E-state index in [1.807, 2.05) is 0 Å². The molecule has 0 aliphatic carbocycles. The lowest BCUT2D eigenvalue weighted by atomic mass is 10.0. The number of esters is 3. The normalized spacial score (nSPS) is 12.4. The lowest BCUT2D eigenvalue weighted by Gasteiger charge is -2.18. The van der Waals surface area contributed by atoms with Crippen LogP contribution >= 0.6 is 0 Å². The first-order chi connectivity index (χ1) is 40.0. The third-order valence-electron chi connectivity index (χ3n) is 16.0. The maximum atomic E-state index is 12.9. The van der Waals surface area contributed by atoms with Gasteiger partial charge < -0.3 is 14.2 Å². The summed E-state index contributed by atoms with van der Waals surface area (Å²) in [7, 11) is 0. The number of allylic oxidation sites excluding steroid dienone is 10. The summed E-state index contributed by atoms with van der Waals surface area (Å²) in [5.74, 6) is -0.854. The van der Waals surface area contributed by atoms with E-state index < -0.39 is 6.10 Å². The average Bonchev–Trinajstić information content (AvgIpc) is 3.46. The minimum Gasteiger partial charge on any atom is -0.462 e. The van der Waals surface area contributed by atoms with E-state index in [-0.39, 0.29) is 31.1 Å². The third kappa shape index (κ3) is 67.8. The highest BCUT2D eigenvalue weighted by Gasteiger charge is 2.19. The van der Waals surface area contributed by atoms with Gasteiger partial charge in [0, 0.05) is 19.3 Å². The molecule has 0 N–H and O–H groups in total. The van der Waals surface area contributed by atoms with Crippen LogP contribution in [0.2, 0.25) is 0 Å². The highest BCUT2D eigenvalue weighted by atomic mass is 16.6. The quantitative estimate of drug-likeness (QED) is 0.0261. The van der Waals surface area contributed by atoms with Crippen LogP contribution in [0.15, 0.2) is 60.8 Å². The van der Waals surface area contributed by atoms with Crippen molar-refractivity contribution in [1.82, 2.24) is 0 Å². The Labute approximate surface area is 504 Å². The zero-order valence-electron chi connectivity index (χ0n) is 54.3. The third-order valence-corrected chi connectivity index (χ3v) is 16.0. The predicted molar refractivity (Wildman–Crippen MR) is 353 cm³/mol. The van der Waals surface area contributed by atoms with Gasteiger partial charge in [-0.15, -0.1) is 0 Å². The Bertz CT molecular complexity index is 1440. The predicted octanol–water partition coefficient (Wildman–Crippen LogP) is 24.7. The first-order valence-electron chi connectivity index (χ1n) is 35.8. The second-order valence-electron chi connectivity index (χ2n) is 24.1. The molecule has 0 heterocycles. The fourth-order valence-corrected chi connectivity index (χ4v) is 10.7. The molecular formula is C75H136O6. The van der Waals surface area contributed by atoms with Crippen molar-refractivity contribution in [3.63, 3.8) is 0 Å². The summed E-state index contributed by atoms with van der Waals surface area (Å²) in [6, 6.07) is 0. The van der Waals surface area contributed by atoms with Gasteiger partial charge in [0.2, 0.25) is 0 Å². The molecule has 0 aromatic heterocycles. The van der Waals surface area contributed by atoms with Gasteiger partial charge in [0.1, 0.15) is 13.2 Å². The number of carbonyl (C=O) groups excluding carboxylic acids is 3. The first-order valence-corrected chi connectivity index (χ1v) is 35.8. The van der Waals surface area contributed by atoms with Crippen LogP contribution in [0.3, 0.4) is 0 Å². The summed E-state index contributed by atoms with van der Waals surface area (Å²) in [6.07, 6.45) is 90.0. The monoisotopic (exact) mass is 1130 g/mol. The van der Waals surface area contributed by atoms with Gasteiger partial charge in [-0.25, -0.2) is 0 Å². The molecule has 6 nitrogen and oxygen atoms in total. The molecule has 6 heteroatoms. The molecule has 472 valence electrons. The summed E-state index contributed by atoms with van der Waals surface area (Å²) in [4.78, 5) is 38.2. The summed E-state index contributed by atoms with van der Waals surface area (Å²) in [5, 5.41) is 0. The lowest BCUT2D eigenvalue weighted by molar-refractivity contribution is -0.167. The Morgan fingerprint density at radius 3 is 0.765 bits per heavy atom. The fourth-order valence-electron chi connectivity index (χ4n) is 10.7. The first kappa shape index (κ1) is 78.1. The van der Waals surface area contributed by atoms with E-state index >= 15 is 0 Å². The number of hydrogen-bond donors (Lipinski definition) is 0. The summed E-state index contributed by atoms with van der Waals surface area (Å²) >= 11 is 0. The van der Waals surface area contributed by atoms with Crippen molar-refractivity contribution in [3.05, 3.63) is 60.8 Å². The zero-order chi connectivity index (χ0) is 58.5. The van der Waals surface area contributed by atoms with Crippen molar-refractivity contribution in [2.45, 2.75) is 386 Å². The van der Waals surface area contributed by atoms with Crippen molar-refractivity contribution in [2.75, 3.05) is 13.2 Å². The highest BCUT2D eigenvalue weighted by Crippen LogP contribution is 2.18. The standard InChI is InChI=1S/C75H136O6/c1-4-7-10-13-16-18-20-22-24-26-28-30-32-34-36-37-39-40-42-44-46-48-50-52-54-56-59-62-65-68-74(77)80-71-72(70-79-73(76)67-64-61-58-15-12-9-6-3)81-75(78)69-66-63-60-57-55-53-51-49-47-45-43-41-38-35-33-31-29-27-25-23-21-19-17-14-11-8-5-2/h8,11,17,19,23,25-26,28-29,31,72H,4-7,9-10,12-16,18,20-22,24,27,30,32-71H2,1-3H3/b11-8-,19-17-,25-23-,28-26-,31-29-. The van der Waals surface area contributed by atoms with Crippen LogP contribution < -0.4 is 0 Å². The number of unbranched alkanes of at least 4 members (excludes halogenated alkanes) is 45. The lowest BCUT2D eigenvalue weighted by Crippen LogP contribution is -2.30. The van der Waals surface area contributed by atoms with Crippen molar-refractivity contribution in [2.24, 2.45) is 0 Å². The van der Waals surface area contributed by atoms with Gasteiger partial charge in [0.25, 0.3) is 0 Å². The Hall–Kier alpha value is -2.89. The number of ether oxygens (including phenoxy) is 3. The van der Waals surface area contributed by atoms with E-state index in [2.05, 4.69) is 81.5 Å². The van der Waals surface area contributed by atoms with E-state index in [4.69, 9.17) is 14.2 Å². The maximum Gasteiger partial charge on any atom is 0.306 e. The Morgan fingerprint density at radius 2 is 0.481 bits per heavy atom. The molecule has 0 saturated carbocycles. The zero-order valence-corrected chi connectivity index (χ0v) is 54.3. The SMILES string of the molecule is CC/C=C\C/C=C\C/C=C\C/C=C\CCCCCCCCCCCCCCCCC(=O)OC(COC(=O)CCCCCCCCC)COC(=O)CCCCCCCCCCCCCCCCCCC/C=C\CCCCCCCCCC. The van der Waals surface area contributed by atoms with Crippen LogP contribution in [0.1, 0.15) is 380 Å². The maximum absolute atomic E-state index is 12.9. The average molecular weight is 1130 g/mol. The van der Waals surface area contributed by atoms with Gasteiger partial charge in [-0.05, 0) is 83.5 Å². The highest BCUT2D eigenvalue weighted by molar-refractivity contribution is 5.71. The van der Waals surface area contributed by atoms with Gasteiger partial charge in [-0.3, -0.25) is 14.4 Å². The second kappa shape index (κ2) is 69.6. The van der Waals surface area contributed by atoms with E-state index in [0.29, 0.717) is 19.3 Å². The van der Waals surface area contributed by atoms with E-state index in [9.17, 15) is 14.4 Å². The van der Waals surface area contributed by atoms with Gasteiger partial charge in [-0.1, -0.05) is 338 Å². The molecule has 1 atom stereocenters. The van der Waals surface area contributed by atoms with Crippen molar-refractivity contribution < 1.29 is 28.6 Å². The summed E-state index contributed by atoms with van der Waals surface area (Å²) < 4.78 is 16.9. The van der Waals surface area contributed by atoms with Gasteiger partial charge >= 0.3 is 17.9 Å². The molecule has 0 aromatic rings. The fraction of sp³-hybridized carbons (Fsp3) is 0.827. The Kier molecular flexibility index (Phi) is 67.1. The second-order valence-corrected chi connectivity index (χ2v) is 24.1. The van der Waals surface area contributed by atoms with Crippen LogP contribution in [0.5, 0.6) is 0 Å².